The van der Waals surface area contributed by atoms with E-state index in [9.17, 15) is 19.5 Å². The zero-order valence-electron chi connectivity index (χ0n) is 19.5. The third-order valence-corrected chi connectivity index (χ3v) is 7.87. The molecule has 1 saturated carbocycles. The van der Waals surface area contributed by atoms with Gasteiger partial charge in [-0.15, -0.1) is 0 Å². The van der Waals surface area contributed by atoms with Crippen LogP contribution in [-0.4, -0.2) is 59.4 Å². The van der Waals surface area contributed by atoms with Crippen molar-refractivity contribution in [2.24, 2.45) is 11.8 Å². The lowest BCUT2D eigenvalue weighted by molar-refractivity contribution is -0.145. The molecule has 1 aromatic carbocycles. The number of carboxylic acid groups (broad SMARTS) is 1. The highest BCUT2D eigenvalue weighted by atomic mass is 32.2. The number of carbonyl (C=O) groups is 3. The van der Waals surface area contributed by atoms with Gasteiger partial charge in [-0.1, -0.05) is 49.6 Å². The third kappa shape index (κ3) is 7.04. The SMILES string of the molecule is CCOC(=O)C(CSCc1ccccc1)N[C@@H](C)C(=O)C1NC(C(=O)O)CC2CCCCC21. The van der Waals surface area contributed by atoms with Crippen LogP contribution in [0.25, 0.3) is 0 Å². The van der Waals surface area contributed by atoms with E-state index in [0.29, 0.717) is 12.2 Å². The quantitative estimate of drug-likeness (QED) is 0.419. The maximum Gasteiger partial charge on any atom is 0.324 e. The van der Waals surface area contributed by atoms with Gasteiger partial charge in [-0.25, -0.2) is 0 Å². The summed E-state index contributed by atoms with van der Waals surface area (Å²) in [5, 5.41) is 15.9. The number of benzene rings is 1. The van der Waals surface area contributed by atoms with Crippen LogP contribution in [0.5, 0.6) is 0 Å². The first-order valence-corrected chi connectivity index (χ1v) is 13.1. The van der Waals surface area contributed by atoms with Crippen LogP contribution in [0, 0.1) is 11.8 Å². The molecule has 1 aromatic rings. The number of rotatable bonds is 11. The van der Waals surface area contributed by atoms with Crippen LogP contribution in [0.3, 0.4) is 0 Å². The first-order valence-electron chi connectivity index (χ1n) is 12.0. The van der Waals surface area contributed by atoms with Crippen LogP contribution in [0.4, 0.5) is 0 Å². The lowest BCUT2D eigenvalue weighted by atomic mass is 9.68. The maximum atomic E-state index is 13.5. The largest absolute Gasteiger partial charge is 0.480 e. The van der Waals surface area contributed by atoms with Gasteiger partial charge in [0.05, 0.1) is 18.7 Å². The minimum atomic E-state index is -0.904. The summed E-state index contributed by atoms with van der Waals surface area (Å²) in [5.41, 5.74) is 1.17. The minimum absolute atomic E-state index is 0.0693. The molecule has 0 amide bonds. The zero-order chi connectivity index (χ0) is 23.8. The van der Waals surface area contributed by atoms with Gasteiger partial charge in [0.25, 0.3) is 0 Å². The van der Waals surface area contributed by atoms with Gasteiger partial charge in [0.2, 0.25) is 0 Å². The number of piperidine rings is 1. The number of carboxylic acids is 1. The molecule has 0 radical (unpaired) electrons. The standard InChI is InChI=1S/C25H36N2O5S/c1-3-32-25(31)21(15-33-14-17-9-5-4-6-10-17)26-16(2)23(28)22-19-12-8-7-11-18(19)13-20(27-22)24(29)30/h4-6,9-10,16,18-22,26-27H,3,7-8,11-15H2,1-2H3,(H,29,30)/t16-,18?,19?,20?,21?,22?/m0/s1. The molecule has 0 bridgehead atoms. The van der Waals surface area contributed by atoms with Gasteiger partial charge >= 0.3 is 11.9 Å². The summed E-state index contributed by atoms with van der Waals surface area (Å²) >= 11 is 1.61. The Morgan fingerprint density at radius 2 is 1.94 bits per heavy atom. The molecule has 5 unspecified atom stereocenters. The summed E-state index contributed by atoms with van der Waals surface area (Å²) in [6, 6.07) is 7.61. The molecule has 1 saturated heterocycles. The summed E-state index contributed by atoms with van der Waals surface area (Å²) in [7, 11) is 0. The first-order chi connectivity index (χ1) is 15.9. The van der Waals surface area contributed by atoms with Crippen LogP contribution in [0.15, 0.2) is 30.3 Å². The molecule has 33 heavy (non-hydrogen) atoms. The molecule has 3 N–H and O–H groups in total. The van der Waals surface area contributed by atoms with Crippen molar-refractivity contribution in [3.63, 3.8) is 0 Å². The second kappa shape index (κ2) is 12.5. The number of hydrogen-bond acceptors (Lipinski definition) is 7. The van der Waals surface area contributed by atoms with Gasteiger partial charge in [-0.05, 0) is 44.1 Å². The van der Waals surface area contributed by atoms with E-state index in [1.165, 1.54) is 5.56 Å². The average Bonchev–Trinajstić information content (AvgIpc) is 2.82. The van der Waals surface area contributed by atoms with E-state index in [1.807, 2.05) is 30.3 Å². The van der Waals surface area contributed by atoms with E-state index in [4.69, 9.17) is 4.74 Å². The molecule has 8 heteroatoms. The van der Waals surface area contributed by atoms with Crippen molar-refractivity contribution in [1.82, 2.24) is 10.6 Å². The summed E-state index contributed by atoms with van der Waals surface area (Å²) in [4.78, 5) is 37.7. The van der Waals surface area contributed by atoms with E-state index < -0.39 is 30.1 Å². The molecular weight excluding hydrogens is 440 g/mol. The van der Waals surface area contributed by atoms with Crippen molar-refractivity contribution < 1.29 is 24.2 Å². The maximum absolute atomic E-state index is 13.5. The highest BCUT2D eigenvalue weighted by Gasteiger charge is 2.45. The molecule has 7 nitrogen and oxygen atoms in total. The van der Waals surface area contributed by atoms with Crippen LogP contribution in [-0.2, 0) is 24.9 Å². The Balaban J connectivity index is 1.64. The lowest BCUT2D eigenvalue weighted by Gasteiger charge is -2.44. The van der Waals surface area contributed by atoms with Gasteiger partial charge in [0.15, 0.2) is 5.78 Å². The Kier molecular flexibility index (Phi) is 9.77. The zero-order valence-corrected chi connectivity index (χ0v) is 20.3. The molecule has 0 spiro atoms. The fraction of sp³-hybridized carbons (Fsp3) is 0.640. The van der Waals surface area contributed by atoms with E-state index in [1.54, 1.807) is 25.6 Å². The van der Waals surface area contributed by atoms with Crippen molar-refractivity contribution in [2.75, 3.05) is 12.4 Å². The Hall–Kier alpha value is -1.90. The van der Waals surface area contributed by atoms with Gasteiger partial charge < -0.3 is 9.84 Å². The number of aliphatic carboxylic acids is 1. The second-order valence-electron chi connectivity index (χ2n) is 9.08. The predicted octanol–water partition coefficient (Wildman–Crippen LogP) is 3.02. The molecular formula is C25H36N2O5S. The number of Topliss-reactive ketones (excluding diaryl/α,β-unsaturated/α-hetero) is 1. The molecule has 1 aliphatic carbocycles. The number of hydrogen-bond donors (Lipinski definition) is 3. The number of nitrogens with one attached hydrogen (secondary N) is 2. The second-order valence-corrected chi connectivity index (χ2v) is 10.1. The molecule has 2 fully saturated rings. The monoisotopic (exact) mass is 476 g/mol. The van der Waals surface area contributed by atoms with Crippen molar-refractivity contribution in [2.45, 2.75) is 75.9 Å². The molecule has 1 aliphatic heterocycles. The van der Waals surface area contributed by atoms with Crippen molar-refractivity contribution >= 4 is 29.5 Å². The topological polar surface area (TPSA) is 105 Å². The number of carbonyl (C=O) groups excluding carboxylic acids is 2. The van der Waals surface area contributed by atoms with Crippen molar-refractivity contribution in [3.8, 4) is 0 Å². The number of ketones is 1. The summed E-state index contributed by atoms with van der Waals surface area (Å²) < 4.78 is 5.25. The van der Waals surface area contributed by atoms with E-state index in [2.05, 4.69) is 10.6 Å². The smallest absolute Gasteiger partial charge is 0.324 e. The molecule has 2 aliphatic rings. The number of esters is 1. The highest BCUT2D eigenvalue weighted by Crippen LogP contribution is 2.39. The molecule has 182 valence electrons. The van der Waals surface area contributed by atoms with Crippen LogP contribution in [0.1, 0.15) is 51.5 Å². The van der Waals surface area contributed by atoms with E-state index in [0.717, 1.165) is 31.4 Å². The molecule has 6 atom stereocenters. The minimum Gasteiger partial charge on any atom is -0.480 e. The van der Waals surface area contributed by atoms with Crippen LogP contribution < -0.4 is 10.6 Å². The Bertz CT molecular complexity index is 805. The van der Waals surface area contributed by atoms with Gasteiger partial charge in [-0.3, -0.25) is 25.0 Å². The first kappa shape index (κ1) is 25.7. The van der Waals surface area contributed by atoms with Crippen LogP contribution >= 0.6 is 11.8 Å². The van der Waals surface area contributed by atoms with Crippen molar-refractivity contribution in [3.05, 3.63) is 35.9 Å². The van der Waals surface area contributed by atoms with Crippen molar-refractivity contribution in [1.29, 1.82) is 0 Å². The summed E-state index contributed by atoms with van der Waals surface area (Å²) in [6.07, 6.45) is 4.64. The van der Waals surface area contributed by atoms with E-state index in [-0.39, 0.29) is 30.2 Å². The summed E-state index contributed by atoms with van der Waals surface area (Å²) in [6.45, 7) is 3.80. The highest BCUT2D eigenvalue weighted by molar-refractivity contribution is 7.98. The summed E-state index contributed by atoms with van der Waals surface area (Å²) in [5.74, 6) is 0.305. The van der Waals surface area contributed by atoms with E-state index >= 15 is 0 Å². The van der Waals surface area contributed by atoms with Crippen LogP contribution in [0.2, 0.25) is 0 Å². The lowest BCUT2D eigenvalue weighted by Crippen LogP contribution is -2.62. The number of fused-ring (bicyclic) bond motifs is 1. The Labute approximate surface area is 200 Å². The third-order valence-electron chi connectivity index (χ3n) is 6.76. The fourth-order valence-electron chi connectivity index (χ4n) is 5.09. The molecule has 0 aromatic heterocycles. The Morgan fingerprint density at radius 1 is 1.21 bits per heavy atom. The van der Waals surface area contributed by atoms with Gasteiger partial charge in [0, 0.05) is 11.5 Å². The predicted molar refractivity (Wildman–Crippen MR) is 129 cm³/mol. The average molecular weight is 477 g/mol. The molecule has 3 rings (SSSR count). The molecule has 1 heterocycles. The van der Waals surface area contributed by atoms with Gasteiger partial charge in [-0.2, -0.15) is 11.8 Å². The number of ether oxygens (including phenoxy) is 1. The van der Waals surface area contributed by atoms with Gasteiger partial charge in [0.1, 0.15) is 12.1 Å². The fourth-order valence-corrected chi connectivity index (χ4v) is 6.11. The Morgan fingerprint density at radius 3 is 2.64 bits per heavy atom. The number of thioether (sulfide) groups is 1. The normalized spacial score (nSPS) is 26.6.